The Morgan fingerprint density at radius 3 is 2.26 bits per heavy atom. The van der Waals surface area contributed by atoms with Crippen molar-refractivity contribution in [3.63, 3.8) is 0 Å². The molecule has 0 aromatic carbocycles. The Morgan fingerprint density at radius 2 is 1.84 bits per heavy atom. The van der Waals surface area contributed by atoms with Gasteiger partial charge in [-0.2, -0.15) is 0 Å². The highest BCUT2D eigenvalue weighted by Crippen LogP contribution is 2.24. The van der Waals surface area contributed by atoms with Crippen LogP contribution in [-0.4, -0.2) is 22.1 Å². The van der Waals surface area contributed by atoms with Gasteiger partial charge in [0.25, 0.3) is 0 Å². The number of hydrogen-bond donors (Lipinski definition) is 2. The fourth-order valence-corrected chi connectivity index (χ4v) is 1.51. The molecule has 106 valence electrons. The second-order valence-electron chi connectivity index (χ2n) is 6.36. The van der Waals surface area contributed by atoms with Crippen molar-refractivity contribution in [3.8, 4) is 0 Å². The topological polar surface area (TPSA) is 62.2 Å². The van der Waals surface area contributed by atoms with Crippen LogP contribution in [0, 0.1) is 5.92 Å². The summed E-state index contributed by atoms with van der Waals surface area (Å²) in [5.41, 5.74) is 0.882. The maximum absolute atomic E-state index is 11.2. The summed E-state index contributed by atoms with van der Waals surface area (Å²) >= 11 is 0. The molecule has 0 aliphatic rings. The van der Waals surface area contributed by atoms with Gasteiger partial charge >= 0.3 is 5.97 Å². The van der Waals surface area contributed by atoms with Crippen LogP contribution in [0.15, 0.2) is 12.1 Å². The highest BCUT2D eigenvalue weighted by molar-refractivity contribution is 5.88. The fourth-order valence-electron chi connectivity index (χ4n) is 1.51. The van der Waals surface area contributed by atoms with Crippen molar-refractivity contribution in [1.82, 2.24) is 4.98 Å². The van der Waals surface area contributed by atoms with Crippen molar-refractivity contribution in [1.29, 1.82) is 0 Å². The van der Waals surface area contributed by atoms with Crippen molar-refractivity contribution >= 4 is 11.8 Å². The molecule has 4 heteroatoms. The number of nitrogens with zero attached hydrogens (tertiary/aromatic N) is 1. The number of aromatic carboxylic acids is 1. The summed E-state index contributed by atoms with van der Waals surface area (Å²) in [7, 11) is 0. The van der Waals surface area contributed by atoms with Crippen LogP contribution in [-0.2, 0) is 5.41 Å². The van der Waals surface area contributed by atoms with Crippen molar-refractivity contribution in [2.24, 2.45) is 5.92 Å². The van der Waals surface area contributed by atoms with Crippen LogP contribution in [0.2, 0.25) is 0 Å². The standard InChI is InChI=1S/C15H24N2O2/c1-9(2)10(3)16-13-8-11(14(18)19)7-12(17-13)15(4,5)6/h7-10H,1-6H3,(H,16,17)(H,18,19). The lowest BCUT2D eigenvalue weighted by molar-refractivity contribution is 0.0696. The van der Waals surface area contributed by atoms with Crippen LogP contribution in [0.5, 0.6) is 0 Å². The van der Waals surface area contributed by atoms with Gasteiger partial charge in [0, 0.05) is 17.2 Å². The van der Waals surface area contributed by atoms with E-state index >= 15 is 0 Å². The third kappa shape index (κ3) is 4.23. The third-order valence-electron chi connectivity index (χ3n) is 3.22. The molecule has 0 spiro atoms. The van der Waals surface area contributed by atoms with Crippen LogP contribution in [0.1, 0.15) is 57.6 Å². The second-order valence-corrected chi connectivity index (χ2v) is 6.36. The molecule has 1 rings (SSSR count). The number of pyridine rings is 1. The Labute approximate surface area is 115 Å². The molecule has 4 nitrogen and oxygen atoms in total. The number of carbonyl (C=O) groups is 1. The average molecular weight is 264 g/mol. The third-order valence-corrected chi connectivity index (χ3v) is 3.22. The van der Waals surface area contributed by atoms with E-state index in [9.17, 15) is 9.90 Å². The highest BCUT2D eigenvalue weighted by Gasteiger charge is 2.19. The summed E-state index contributed by atoms with van der Waals surface area (Å²) in [5, 5.41) is 12.5. The van der Waals surface area contributed by atoms with Crippen LogP contribution in [0.4, 0.5) is 5.82 Å². The van der Waals surface area contributed by atoms with Gasteiger partial charge in [0.2, 0.25) is 0 Å². The zero-order chi connectivity index (χ0) is 14.8. The van der Waals surface area contributed by atoms with Crippen molar-refractivity contribution < 1.29 is 9.90 Å². The molecule has 0 aliphatic heterocycles. The maximum Gasteiger partial charge on any atom is 0.335 e. The minimum absolute atomic E-state index is 0.178. The van der Waals surface area contributed by atoms with E-state index < -0.39 is 5.97 Å². The molecule has 1 unspecified atom stereocenters. The Balaban J connectivity index is 3.17. The quantitative estimate of drug-likeness (QED) is 0.873. The van der Waals surface area contributed by atoms with Crippen molar-refractivity contribution in [2.75, 3.05) is 5.32 Å². The molecule has 0 aliphatic carbocycles. The van der Waals surface area contributed by atoms with E-state index in [4.69, 9.17) is 0 Å². The fraction of sp³-hybridized carbons (Fsp3) is 0.600. The molecule has 0 amide bonds. The van der Waals surface area contributed by atoms with E-state index in [1.807, 2.05) is 20.8 Å². The Kier molecular flexibility index (Phi) is 4.56. The lowest BCUT2D eigenvalue weighted by Gasteiger charge is -2.22. The number of anilines is 1. The van der Waals surface area contributed by atoms with E-state index in [-0.39, 0.29) is 17.0 Å². The van der Waals surface area contributed by atoms with Gasteiger partial charge in [0.15, 0.2) is 0 Å². The summed E-state index contributed by atoms with van der Waals surface area (Å²) in [4.78, 5) is 15.7. The van der Waals surface area contributed by atoms with E-state index in [1.165, 1.54) is 0 Å². The molecule has 1 aromatic rings. The first-order chi connectivity index (χ1) is 8.61. The van der Waals surface area contributed by atoms with Crippen molar-refractivity contribution in [2.45, 2.75) is 53.0 Å². The number of aromatic nitrogens is 1. The van der Waals surface area contributed by atoms with Gasteiger partial charge in [-0.25, -0.2) is 9.78 Å². The Morgan fingerprint density at radius 1 is 1.26 bits per heavy atom. The van der Waals surface area contributed by atoms with Gasteiger partial charge in [-0.05, 0) is 25.0 Å². The summed E-state index contributed by atoms with van der Waals surface area (Å²) in [6.45, 7) is 12.4. The molecule has 0 radical (unpaired) electrons. The predicted octanol–water partition coefficient (Wildman–Crippen LogP) is 3.53. The first-order valence-corrected chi connectivity index (χ1v) is 6.63. The molecule has 1 aromatic heterocycles. The lowest BCUT2D eigenvalue weighted by atomic mass is 9.90. The number of nitrogens with one attached hydrogen (secondary N) is 1. The number of hydrogen-bond acceptors (Lipinski definition) is 3. The van der Waals surface area contributed by atoms with E-state index in [0.29, 0.717) is 11.7 Å². The minimum atomic E-state index is -0.923. The van der Waals surface area contributed by atoms with E-state index in [0.717, 1.165) is 5.69 Å². The molecule has 2 N–H and O–H groups in total. The minimum Gasteiger partial charge on any atom is -0.478 e. The molecular weight excluding hydrogens is 240 g/mol. The zero-order valence-electron chi connectivity index (χ0n) is 12.6. The molecule has 0 fully saturated rings. The van der Waals surface area contributed by atoms with Gasteiger partial charge in [-0.15, -0.1) is 0 Å². The second kappa shape index (κ2) is 5.59. The first kappa shape index (κ1) is 15.5. The molecule has 1 atom stereocenters. The molecule has 0 saturated heterocycles. The molecule has 0 bridgehead atoms. The normalized spacial score (nSPS) is 13.4. The van der Waals surface area contributed by atoms with Crippen LogP contribution >= 0.6 is 0 Å². The average Bonchev–Trinajstić information content (AvgIpc) is 2.27. The lowest BCUT2D eigenvalue weighted by Crippen LogP contribution is -2.24. The zero-order valence-corrected chi connectivity index (χ0v) is 12.6. The molecular formula is C15H24N2O2. The van der Waals surface area contributed by atoms with E-state index in [2.05, 4.69) is 31.1 Å². The number of rotatable bonds is 4. The number of carboxylic acid groups (broad SMARTS) is 1. The van der Waals surface area contributed by atoms with Gasteiger partial charge in [-0.1, -0.05) is 34.6 Å². The summed E-state index contributed by atoms with van der Waals surface area (Å²) in [5.74, 6) is 0.160. The first-order valence-electron chi connectivity index (χ1n) is 6.63. The van der Waals surface area contributed by atoms with Crippen molar-refractivity contribution in [3.05, 3.63) is 23.4 Å². The Bertz CT molecular complexity index is 462. The smallest absolute Gasteiger partial charge is 0.335 e. The maximum atomic E-state index is 11.2. The van der Waals surface area contributed by atoms with Gasteiger partial charge in [0.1, 0.15) is 5.82 Å². The summed E-state index contributed by atoms with van der Waals surface area (Å²) in [6.07, 6.45) is 0. The molecule has 0 saturated carbocycles. The van der Waals surface area contributed by atoms with Crippen LogP contribution in [0.25, 0.3) is 0 Å². The Hall–Kier alpha value is -1.58. The monoisotopic (exact) mass is 264 g/mol. The summed E-state index contributed by atoms with van der Waals surface area (Å²) < 4.78 is 0. The molecule has 1 heterocycles. The van der Waals surface area contributed by atoms with Gasteiger partial charge in [0.05, 0.1) is 5.56 Å². The highest BCUT2D eigenvalue weighted by atomic mass is 16.4. The van der Waals surface area contributed by atoms with E-state index in [1.54, 1.807) is 12.1 Å². The van der Waals surface area contributed by atoms with Crippen LogP contribution < -0.4 is 5.32 Å². The summed E-state index contributed by atoms with van der Waals surface area (Å²) in [6, 6.07) is 3.48. The van der Waals surface area contributed by atoms with Gasteiger partial charge < -0.3 is 10.4 Å². The number of carboxylic acids is 1. The molecule has 19 heavy (non-hydrogen) atoms. The SMILES string of the molecule is CC(C)C(C)Nc1cc(C(=O)O)cc(C(C)(C)C)n1. The van der Waals surface area contributed by atoms with Gasteiger partial charge in [-0.3, -0.25) is 0 Å². The predicted molar refractivity (Wildman–Crippen MR) is 77.8 cm³/mol. The largest absolute Gasteiger partial charge is 0.478 e. The van der Waals surface area contributed by atoms with Crippen LogP contribution in [0.3, 0.4) is 0 Å².